The highest BCUT2D eigenvalue weighted by molar-refractivity contribution is 5.68. The van der Waals surface area contributed by atoms with Gasteiger partial charge in [0.2, 0.25) is 0 Å². The second-order valence-corrected chi connectivity index (χ2v) is 8.40. The van der Waals surface area contributed by atoms with Gasteiger partial charge in [-0.2, -0.15) is 0 Å². The number of carbonyl (C=O) groups is 1. The number of carbonyl (C=O) groups excluding carboxylic acids is 1. The third-order valence-corrected chi connectivity index (χ3v) is 5.05. The quantitative estimate of drug-likeness (QED) is 0.822. The van der Waals surface area contributed by atoms with Crippen molar-refractivity contribution in [2.24, 2.45) is 0 Å². The number of halogens is 1. The predicted octanol–water partition coefficient (Wildman–Crippen LogP) is 3.81. The maximum atomic E-state index is 13.2. The number of piperidine rings is 1. The maximum absolute atomic E-state index is 13.2. The third kappa shape index (κ3) is 4.54. The van der Waals surface area contributed by atoms with E-state index in [1.54, 1.807) is 17.0 Å². The second-order valence-electron chi connectivity index (χ2n) is 8.40. The first-order valence-corrected chi connectivity index (χ1v) is 9.25. The highest BCUT2D eigenvalue weighted by atomic mass is 19.1. The van der Waals surface area contributed by atoms with Crippen molar-refractivity contribution >= 4 is 6.09 Å². The Morgan fingerprint density at radius 3 is 2.46 bits per heavy atom. The van der Waals surface area contributed by atoms with E-state index in [2.05, 4.69) is 0 Å². The molecule has 2 atom stereocenters. The van der Waals surface area contributed by atoms with Gasteiger partial charge in [0.1, 0.15) is 11.4 Å². The number of hydrogen-bond donors (Lipinski definition) is 1. The van der Waals surface area contributed by atoms with Gasteiger partial charge in [-0.05, 0) is 51.3 Å². The number of amides is 1. The van der Waals surface area contributed by atoms with Crippen molar-refractivity contribution in [2.45, 2.75) is 69.9 Å². The van der Waals surface area contributed by atoms with E-state index in [1.165, 1.54) is 12.1 Å². The van der Waals surface area contributed by atoms with Crippen LogP contribution in [-0.2, 0) is 9.47 Å². The standard InChI is InChI=1S/C20H28FNO4/c1-19(2,3)26-18(24)22-10-8-20(9-11-22)13-16(23)12-17(25-20)14-4-6-15(21)7-5-14/h4-7,16-17,23H,8-13H2,1-3H3/t16-,17+/m0/s1. The molecule has 0 bridgehead atoms. The number of ether oxygens (including phenoxy) is 2. The summed E-state index contributed by atoms with van der Waals surface area (Å²) in [5.41, 5.74) is -0.0915. The Morgan fingerprint density at radius 2 is 1.88 bits per heavy atom. The Morgan fingerprint density at radius 1 is 1.27 bits per heavy atom. The molecule has 26 heavy (non-hydrogen) atoms. The molecule has 5 nitrogen and oxygen atoms in total. The maximum Gasteiger partial charge on any atom is 0.410 e. The van der Waals surface area contributed by atoms with Gasteiger partial charge >= 0.3 is 6.09 Å². The van der Waals surface area contributed by atoms with E-state index in [9.17, 15) is 14.3 Å². The van der Waals surface area contributed by atoms with Crippen LogP contribution in [0.15, 0.2) is 24.3 Å². The van der Waals surface area contributed by atoms with Gasteiger partial charge in [0.15, 0.2) is 0 Å². The summed E-state index contributed by atoms with van der Waals surface area (Å²) in [6.07, 6.45) is 1.34. The first-order chi connectivity index (χ1) is 12.2. The molecule has 1 aromatic rings. The summed E-state index contributed by atoms with van der Waals surface area (Å²) in [5, 5.41) is 10.4. The summed E-state index contributed by atoms with van der Waals surface area (Å²) in [6.45, 7) is 6.63. The normalized spacial score (nSPS) is 26.0. The van der Waals surface area contributed by atoms with E-state index >= 15 is 0 Å². The van der Waals surface area contributed by atoms with Crippen molar-refractivity contribution in [2.75, 3.05) is 13.1 Å². The fourth-order valence-electron chi connectivity index (χ4n) is 3.78. The SMILES string of the molecule is CC(C)(C)OC(=O)N1CCC2(CC1)C[C@@H](O)C[C@H](c1ccc(F)cc1)O2. The smallest absolute Gasteiger partial charge is 0.410 e. The number of nitrogens with zero attached hydrogens (tertiary/aromatic N) is 1. The molecule has 3 rings (SSSR count). The van der Waals surface area contributed by atoms with E-state index in [1.807, 2.05) is 20.8 Å². The van der Waals surface area contributed by atoms with Crippen molar-refractivity contribution in [3.63, 3.8) is 0 Å². The molecule has 2 fully saturated rings. The van der Waals surface area contributed by atoms with Crippen LogP contribution < -0.4 is 0 Å². The highest BCUT2D eigenvalue weighted by Gasteiger charge is 2.44. The fraction of sp³-hybridized carbons (Fsp3) is 0.650. The van der Waals surface area contributed by atoms with E-state index in [0.29, 0.717) is 38.8 Å². The lowest BCUT2D eigenvalue weighted by Gasteiger charge is -2.48. The number of rotatable bonds is 1. The molecule has 1 spiro atoms. The zero-order chi connectivity index (χ0) is 18.9. The molecular weight excluding hydrogens is 337 g/mol. The molecular formula is C20H28FNO4. The minimum absolute atomic E-state index is 0.257. The molecule has 1 amide bonds. The van der Waals surface area contributed by atoms with Crippen molar-refractivity contribution < 1.29 is 23.8 Å². The number of benzene rings is 1. The molecule has 2 aliphatic heterocycles. The molecule has 2 saturated heterocycles. The summed E-state index contributed by atoms with van der Waals surface area (Å²) in [7, 11) is 0. The minimum Gasteiger partial charge on any atom is -0.444 e. The van der Waals surface area contributed by atoms with Crippen LogP contribution in [0.4, 0.5) is 9.18 Å². The Hall–Kier alpha value is -1.66. The second kappa shape index (κ2) is 7.16. The number of aliphatic hydroxyl groups excluding tert-OH is 1. The van der Waals surface area contributed by atoms with Crippen LogP contribution in [0, 0.1) is 5.82 Å². The molecule has 1 N–H and O–H groups in total. The monoisotopic (exact) mass is 365 g/mol. The van der Waals surface area contributed by atoms with Crippen molar-refractivity contribution in [3.05, 3.63) is 35.6 Å². The predicted molar refractivity (Wildman–Crippen MR) is 95.2 cm³/mol. The average Bonchev–Trinajstić information content (AvgIpc) is 2.53. The van der Waals surface area contributed by atoms with Crippen LogP contribution in [-0.4, -0.2) is 46.5 Å². The van der Waals surface area contributed by atoms with Crippen LogP contribution in [0.1, 0.15) is 58.1 Å². The van der Waals surface area contributed by atoms with E-state index in [4.69, 9.17) is 9.47 Å². The van der Waals surface area contributed by atoms with E-state index in [-0.39, 0.29) is 18.0 Å². The van der Waals surface area contributed by atoms with Crippen LogP contribution in [0.25, 0.3) is 0 Å². The number of hydrogen-bond acceptors (Lipinski definition) is 4. The first-order valence-electron chi connectivity index (χ1n) is 9.25. The Labute approximate surface area is 154 Å². The zero-order valence-corrected chi connectivity index (χ0v) is 15.7. The first kappa shape index (κ1) is 19.1. The van der Waals surface area contributed by atoms with Gasteiger partial charge in [0.05, 0.1) is 17.8 Å². The summed E-state index contributed by atoms with van der Waals surface area (Å²) in [6, 6.07) is 6.25. The molecule has 1 aromatic carbocycles. The minimum atomic E-state index is -0.516. The largest absolute Gasteiger partial charge is 0.444 e. The van der Waals surface area contributed by atoms with Gasteiger partial charge in [-0.15, -0.1) is 0 Å². The van der Waals surface area contributed by atoms with E-state index < -0.39 is 17.3 Å². The highest BCUT2D eigenvalue weighted by Crippen LogP contribution is 2.43. The van der Waals surface area contributed by atoms with Gasteiger partial charge in [0.25, 0.3) is 0 Å². The molecule has 0 aromatic heterocycles. The summed E-state index contributed by atoms with van der Waals surface area (Å²) >= 11 is 0. The van der Waals surface area contributed by atoms with Crippen LogP contribution in [0.5, 0.6) is 0 Å². The molecule has 0 aliphatic carbocycles. The summed E-state index contributed by atoms with van der Waals surface area (Å²) in [4.78, 5) is 13.9. The van der Waals surface area contributed by atoms with E-state index in [0.717, 1.165) is 5.56 Å². The molecule has 0 unspecified atom stereocenters. The molecule has 2 aliphatic rings. The lowest BCUT2D eigenvalue weighted by Crippen LogP contribution is -2.52. The number of likely N-dealkylation sites (tertiary alicyclic amines) is 1. The Balaban J connectivity index is 1.65. The van der Waals surface area contributed by atoms with Gasteiger partial charge in [-0.3, -0.25) is 0 Å². The third-order valence-electron chi connectivity index (χ3n) is 5.05. The van der Waals surface area contributed by atoms with Crippen molar-refractivity contribution in [1.82, 2.24) is 4.90 Å². The average molecular weight is 365 g/mol. The van der Waals surface area contributed by atoms with Gasteiger partial charge in [-0.1, -0.05) is 12.1 Å². The van der Waals surface area contributed by atoms with Crippen molar-refractivity contribution in [1.29, 1.82) is 0 Å². The molecule has 144 valence electrons. The van der Waals surface area contributed by atoms with Gasteiger partial charge < -0.3 is 19.5 Å². The molecule has 6 heteroatoms. The van der Waals surface area contributed by atoms with Crippen LogP contribution in [0.3, 0.4) is 0 Å². The van der Waals surface area contributed by atoms with Gasteiger partial charge in [-0.25, -0.2) is 9.18 Å². The molecule has 0 saturated carbocycles. The summed E-state index contributed by atoms with van der Waals surface area (Å²) in [5.74, 6) is -0.287. The summed E-state index contributed by atoms with van der Waals surface area (Å²) < 4.78 is 25.0. The molecule has 0 radical (unpaired) electrons. The van der Waals surface area contributed by atoms with Crippen LogP contribution in [0.2, 0.25) is 0 Å². The van der Waals surface area contributed by atoms with Crippen molar-refractivity contribution in [3.8, 4) is 0 Å². The fourth-order valence-corrected chi connectivity index (χ4v) is 3.78. The van der Waals surface area contributed by atoms with Gasteiger partial charge in [0, 0.05) is 25.9 Å². The Bertz CT molecular complexity index is 632. The Kier molecular flexibility index (Phi) is 5.26. The lowest BCUT2D eigenvalue weighted by atomic mass is 9.81. The zero-order valence-electron chi connectivity index (χ0n) is 15.7. The topological polar surface area (TPSA) is 59.0 Å². The lowest BCUT2D eigenvalue weighted by molar-refractivity contribution is -0.182. The van der Waals surface area contributed by atoms with Crippen LogP contribution >= 0.6 is 0 Å². The number of aliphatic hydroxyl groups is 1. The molecule has 2 heterocycles.